The number of rotatable bonds is 6. The van der Waals surface area contributed by atoms with E-state index in [4.69, 9.17) is 0 Å². The number of halogens is 1. The van der Waals surface area contributed by atoms with Crippen molar-refractivity contribution in [2.75, 3.05) is 25.0 Å². The van der Waals surface area contributed by atoms with E-state index in [1.165, 1.54) is 38.3 Å². The molecule has 1 aliphatic rings. The molecular weight excluding hydrogens is 370 g/mol. The summed E-state index contributed by atoms with van der Waals surface area (Å²) in [6, 6.07) is 1.97. The average Bonchev–Trinajstić information content (AvgIpc) is 3.09. The molecule has 0 aromatic carbocycles. The molecule has 1 fully saturated rings. The van der Waals surface area contributed by atoms with Crippen LogP contribution in [-0.4, -0.2) is 45.4 Å². The van der Waals surface area contributed by atoms with E-state index >= 15 is 0 Å². The topological polar surface area (TPSA) is 71.0 Å². The lowest BCUT2D eigenvalue weighted by atomic mass is 10.1. The Morgan fingerprint density at radius 3 is 2.79 bits per heavy atom. The molecule has 0 radical (unpaired) electrons. The molecule has 2 aromatic heterocycles. The summed E-state index contributed by atoms with van der Waals surface area (Å²) >= 11 is 3.24. The summed E-state index contributed by atoms with van der Waals surface area (Å²) in [6.07, 6.45) is 11.2. The Bertz CT molecular complexity index is 703. The molecule has 126 valence electrons. The molecule has 1 saturated heterocycles. The number of hydrogen-bond donors (Lipinski definition) is 1. The van der Waals surface area contributed by atoms with Crippen LogP contribution in [0.2, 0.25) is 0 Å². The number of pyridine rings is 1. The third-order valence-electron chi connectivity index (χ3n) is 4.06. The zero-order valence-electron chi connectivity index (χ0n) is 13.4. The number of aromatic nitrogens is 3. The van der Waals surface area contributed by atoms with Gasteiger partial charge in [0, 0.05) is 18.6 Å². The number of hydrogen-bond acceptors (Lipinski definition) is 5. The second-order valence-electron chi connectivity index (χ2n) is 5.88. The van der Waals surface area contributed by atoms with Gasteiger partial charge in [-0.1, -0.05) is 0 Å². The number of aryl methyl sites for hydroxylation is 1. The first-order chi connectivity index (χ1) is 11.7. The first-order valence-electron chi connectivity index (χ1n) is 8.16. The molecule has 3 heterocycles. The van der Waals surface area contributed by atoms with E-state index in [0.717, 1.165) is 24.9 Å². The van der Waals surface area contributed by atoms with Crippen molar-refractivity contribution in [1.29, 1.82) is 0 Å². The molecule has 1 N–H and O–H groups in total. The molecule has 0 bridgehead atoms. The van der Waals surface area contributed by atoms with Crippen LogP contribution in [0.25, 0.3) is 0 Å². The van der Waals surface area contributed by atoms with Crippen LogP contribution in [0.4, 0.5) is 5.69 Å². The molecule has 0 saturated carbocycles. The van der Waals surface area contributed by atoms with Gasteiger partial charge in [0.2, 0.25) is 0 Å². The highest BCUT2D eigenvalue weighted by Gasteiger charge is 2.13. The maximum absolute atomic E-state index is 12.3. The number of carbonyl (C=O) groups excluding carboxylic acids is 1. The Morgan fingerprint density at radius 2 is 2.00 bits per heavy atom. The Labute approximate surface area is 149 Å². The highest BCUT2D eigenvalue weighted by molar-refractivity contribution is 9.10. The highest BCUT2D eigenvalue weighted by atomic mass is 79.9. The summed E-state index contributed by atoms with van der Waals surface area (Å²) in [5.41, 5.74) is 2.07. The zero-order valence-corrected chi connectivity index (χ0v) is 15.0. The van der Waals surface area contributed by atoms with Crippen LogP contribution in [0, 0.1) is 0 Å². The molecule has 1 aliphatic heterocycles. The molecule has 24 heavy (non-hydrogen) atoms. The fraction of sp³-hybridized carbons (Fsp3) is 0.412. The van der Waals surface area contributed by atoms with E-state index in [-0.39, 0.29) is 11.6 Å². The first kappa shape index (κ1) is 17.0. The summed E-state index contributed by atoms with van der Waals surface area (Å²) in [5, 5.41) is 2.83. The molecule has 0 aliphatic carbocycles. The molecule has 0 unspecified atom stereocenters. The molecule has 6 nitrogen and oxygen atoms in total. The van der Waals surface area contributed by atoms with Gasteiger partial charge >= 0.3 is 0 Å². The Morgan fingerprint density at radius 1 is 1.21 bits per heavy atom. The fourth-order valence-electron chi connectivity index (χ4n) is 2.87. The lowest BCUT2D eigenvalue weighted by molar-refractivity contribution is 0.102. The smallest absolute Gasteiger partial charge is 0.277 e. The number of nitrogens with one attached hydrogen (secondary N) is 1. The predicted molar refractivity (Wildman–Crippen MR) is 95.9 cm³/mol. The molecule has 2 aromatic rings. The lowest BCUT2D eigenvalue weighted by Gasteiger charge is -2.14. The third-order valence-corrected chi connectivity index (χ3v) is 4.64. The summed E-state index contributed by atoms with van der Waals surface area (Å²) < 4.78 is 0.428. The van der Waals surface area contributed by atoms with E-state index in [1.54, 1.807) is 6.20 Å². The Hall–Kier alpha value is -1.86. The zero-order chi connectivity index (χ0) is 16.8. The van der Waals surface area contributed by atoms with E-state index in [2.05, 4.69) is 41.1 Å². The number of amides is 1. The van der Waals surface area contributed by atoms with E-state index < -0.39 is 0 Å². The second kappa shape index (κ2) is 8.30. The molecule has 0 atom stereocenters. The maximum atomic E-state index is 12.3. The fourth-order valence-corrected chi connectivity index (χ4v) is 3.27. The number of nitrogens with zero attached hydrogens (tertiary/aromatic N) is 4. The van der Waals surface area contributed by atoms with Gasteiger partial charge in [0.15, 0.2) is 5.69 Å². The number of anilines is 1. The van der Waals surface area contributed by atoms with E-state index in [9.17, 15) is 4.79 Å². The largest absolute Gasteiger partial charge is 0.319 e. The van der Waals surface area contributed by atoms with Gasteiger partial charge in [0.05, 0.1) is 11.9 Å². The monoisotopic (exact) mass is 389 g/mol. The molecule has 7 heteroatoms. The Balaban J connectivity index is 1.56. The minimum Gasteiger partial charge on any atom is -0.319 e. The standard InChI is InChI=1S/C17H20BrN5O/c18-16-15(20-5-6-21-16)17(24)22-14-10-13(11-19-12-14)4-3-9-23-7-1-2-8-23/h5-6,10-12H,1-4,7-9H2,(H,22,24). The van der Waals surface area contributed by atoms with Gasteiger partial charge < -0.3 is 10.2 Å². The summed E-state index contributed by atoms with van der Waals surface area (Å²) in [5.74, 6) is -0.300. The van der Waals surface area contributed by atoms with Crippen LogP contribution >= 0.6 is 15.9 Å². The summed E-state index contributed by atoms with van der Waals surface area (Å²) in [7, 11) is 0. The van der Waals surface area contributed by atoms with Gasteiger partial charge in [0.25, 0.3) is 5.91 Å². The van der Waals surface area contributed by atoms with E-state index in [1.807, 2.05) is 12.3 Å². The quantitative estimate of drug-likeness (QED) is 0.821. The van der Waals surface area contributed by atoms with Crippen molar-refractivity contribution in [3.63, 3.8) is 0 Å². The van der Waals surface area contributed by atoms with Gasteiger partial charge in [-0.3, -0.25) is 9.78 Å². The average molecular weight is 390 g/mol. The normalized spacial score (nSPS) is 14.7. The van der Waals surface area contributed by atoms with Gasteiger partial charge in [-0.05, 0) is 72.9 Å². The minimum atomic E-state index is -0.300. The predicted octanol–water partition coefficient (Wildman–Crippen LogP) is 2.91. The minimum absolute atomic E-state index is 0.261. The molecule has 0 spiro atoms. The van der Waals surface area contributed by atoms with Gasteiger partial charge in [-0.25, -0.2) is 9.97 Å². The van der Waals surface area contributed by atoms with Crippen molar-refractivity contribution in [1.82, 2.24) is 19.9 Å². The van der Waals surface area contributed by atoms with Crippen LogP contribution < -0.4 is 5.32 Å². The van der Waals surface area contributed by atoms with E-state index in [0.29, 0.717) is 10.3 Å². The van der Waals surface area contributed by atoms with Crippen LogP contribution in [-0.2, 0) is 6.42 Å². The lowest BCUT2D eigenvalue weighted by Crippen LogP contribution is -2.20. The van der Waals surface area contributed by atoms with Gasteiger partial charge in [-0.2, -0.15) is 0 Å². The van der Waals surface area contributed by atoms with Gasteiger partial charge in [0.1, 0.15) is 4.60 Å². The second-order valence-corrected chi connectivity index (χ2v) is 6.64. The van der Waals surface area contributed by atoms with Crippen molar-refractivity contribution >= 4 is 27.5 Å². The van der Waals surface area contributed by atoms with Crippen LogP contribution in [0.5, 0.6) is 0 Å². The molecular formula is C17H20BrN5O. The SMILES string of the molecule is O=C(Nc1cncc(CCCN2CCCC2)c1)c1nccnc1Br. The number of likely N-dealkylation sites (tertiary alicyclic amines) is 1. The van der Waals surface area contributed by atoms with Crippen molar-refractivity contribution in [3.8, 4) is 0 Å². The number of carbonyl (C=O) groups is 1. The summed E-state index contributed by atoms with van der Waals surface area (Å²) in [6.45, 7) is 3.58. The van der Waals surface area contributed by atoms with Crippen molar-refractivity contribution in [3.05, 3.63) is 46.7 Å². The maximum Gasteiger partial charge on any atom is 0.277 e. The molecule has 3 rings (SSSR count). The first-order valence-corrected chi connectivity index (χ1v) is 8.96. The van der Waals surface area contributed by atoms with Crippen molar-refractivity contribution in [2.45, 2.75) is 25.7 Å². The van der Waals surface area contributed by atoms with Gasteiger partial charge in [-0.15, -0.1) is 0 Å². The van der Waals surface area contributed by atoms with Crippen LogP contribution in [0.3, 0.4) is 0 Å². The van der Waals surface area contributed by atoms with Crippen molar-refractivity contribution < 1.29 is 4.79 Å². The van der Waals surface area contributed by atoms with Crippen molar-refractivity contribution in [2.24, 2.45) is 0 Å². The third kappa shape index (κ3) is 4.58. The van der Waals surface area contributed by atoms with Crippen LogP contribution in [0.15, 0.2) is 35.5 Å². The highest BCUT2D eigenvalue weighted by Crippen LogP contribution is 2.15. The molecule has 1 amide bonds. The Kier molecular flexibility index (Phi) is 5.87. The van der Waals surface area contributed by atoms with Crippen LogP contribution in [0.1, 0.15) is 35.3 Å². The summed E-state index contributed by atoms with van der Waals surface area (Å²) in [4.78, 5) is 27.0.